The first-order valence-corrected chi connectivity index (χ1v) is 10.2. The SMILES string of the molecule is CC.Cc1ccc(Nc2c(C(=O)NOC3CCCNC3)oc3ccncc23)c(F)c1. The number of aromatic nitrogens is 1. The van der Waals surface area contributed by atoms with Gasteiger partial charge < -0.3 is 15.1 Å². The second-order valence-corrected chi connectivity index (χ2v) is 6.80. The zero-order valence-corrected chi connectivity index (χ0v) is 17.4. The average molecular weight is 414 g/mol. The molecule has 1 aliphatic rings. The van der Waals surface area contributed by atoms with E-state index in [-0.39, 0.29) is 17.6 Å². The number of halogens is 1. The number of rotatable bonds is 5. The number of aryl methyl sites for hydroxylation is 1. The van der Waals surface area contributed by atoms with E-state index in [4.69, 9.17) is 9.25 Å². The van der Waals surface area contributed by atoms with E-state index in [1.54, 1.807) is 37.5 Å². The summed E-state index contributed by atoms with van der Waals surface area (Å²) >= 11 is 0. The van der Waals surface area contributed by atoms with Gasteiger partial charge in [0.25, 0.3) is 0 Å². The molecule has 1 saturated heterocycles. The highest BCUT2D eigenvalue weighted by atomic mass is 19.1. The van der Waals surface area contributed by atoms with Gasteiger partial charge in [-0.15, -0.1) is 0 Å². The molecule has 4 rings (SSSR count). The van der Waals surface area contributed by atoms with E-state index >= 15 is 0 Å². The van der Waals surface area contributed by atoms with E-state index in [0.29, 0.717) is 23.2 Å². The van der Waals surface area contributed by atoms with E-state index in [1.807, 2.05) is 13.8 Å². The van der Waals surface area contributed by atoms with Gasteiger partial charge in [0.05, 0.1) is 17.2 Å². The molecule has 3 N–H and O–H groups in total. The molecular formula is C22H27FN4O3. The van der Waals surface area contributed by atoms with Gasteiger partial charge >= 0.3 is 5.91 Å². The monoisotopic (exact) mass is 414 g/mol. The summed E-state index contributed by atoms with van der Waals surface area (Å²) in [6, 6.07) is 6.47. The lowest BCUT2D eigenvalue weighted by atomic mass is 10.1. The number of fused-ring (bicyclic) bond motifs is 1. The Morgan fingerprint density at radius 1 is 1.33 bits per heavy atom. The summed E-state index contributed by atoms with van der Waals surface area (Å²) in [4.78, 5) is 22.3. The van der Waals surface area contributed by atoms with Gasteiger partial charge in [-0.05, 0) is 50.1 Å². The zero-order chi connectivity index (χ0) is 21.5. The normalized spacial score (nSPS) is 15.9. The summed E-state index contributed by atoms with van der Waals surface area (Å²) in [6.45, 7) is 7.42. The second-order valence-electron chi connectivity index (χ2n) is 6.80. The maximum Gasteiger partial charge on any atom is 0.312 e. The van der Waals surface area contributed by atoms with Gasteiger partial charge in [0, 0.05) is 18.9 Å². The number of piperidine rings is 1. The van der Waals surface area contributed by atoms with Crippen molar-refractivity contribution in [3.8, 4) is 0 Å². The van der Waals surface area contributed by atoms with Gasteiger partial charge in [-0.3, -0.25) is 14.6 Å². The standard InChI is InChI=1S/C20H21FN4O3.C2H6/c1-12-4-5-16(15(21)9-12)24-18-14-11-23-8-6-17(14)27-19(18)20(26)25-28-13-3-2-7-22-10-13;1-2/h4-6,8-9,11,13,22,24H,2-3,7,10H2,1H3,(H,25,26);1-2H3. The van der Waals surface area contributed by atoms with Crippen molar-refractivity contribution in [3.05, 3.63) is 53.8 Å². The Morgan fingerprint density at radius 2 is 2.17 bits per heavy atom. The van der Waals surface area contributed by atoms with Crippen molar-refractivity contribution in [3.63, 3.8) is 0 Å². The molecular weight excluding hydrogens is 387 g/mol. The van der Waals surface area contributed by atoms with Crippen LogP contribution >= 0.6 is 0 Å². The molecule has 160 valence electrons. The van der Waals surface area contributed by atoms with Crippen LogP contribution in [0.15, 0.2) is 41.1 Å². The van der Waals surface area contributed by atoms with E-state index in [2.05, 4.69) is 21.1 Å². The molecule has 30 heavy (non-hydrogen) atoms. The van der Waals surface area contributed by atoms with Crippen molar-refractivity contribution < 1.29 is 18.4 Å². The van der Waals surface area contributed by atoms with E-state index in [1.165, 1.54) is 6.07 Å². The molecule has 7 nitrogen and oxygen atoms in total. The van der Waals surface area contributed by atoms with Crippen LogP contribution in [0.3, 0.4) is 0 Å². The number of hydroxylamine groups is 1. The first kappa shape index (κ1) is 21.7. The summed E-state index contributed by atoms with van der Waals surface area (Å²) < 4.78 is 20.0. The lowest BCUT2D eigenvalue weighted by molar-refractivity contribution is -0.0261. The first-order chi connectivity index (χ1) is 14.6. The third-order valence-corrected chi connectivity index (χ3v) is 4.65. The molecule has 1 unspecified atom stereocenters. The number of furan rings is 1. The molecule has 2 aromatic heterocycles. The Bertz CT molecular complexity index is 999. The Labute approximate surface area is 175 Å². The third-order valence-electron chi connectivity index (χ3n) is 4.65. The van der Waals surface area contributed by atoms with Crippen molar-refractivity contribution in [2.75, 3.05) is 18.4 Å². The molecule has 3 aromatic rings. The van der Waals surface area contributed by atoms with Crippen LogP contribution in [0.5, 0.6) is 0 Å². The first-order valence-electron chi connectivity index (χ1n) is 10.2. The molecule has 1 atom stereocenters. The molecule has 8 heteroatoms. The van der Waals surface area contributed by atoms with E-state index < -0.39 is 11.7 Å². The number of pyridine rings is 1. The number of anilines is 2. The molecule has 1 aromatic carbocycles. The predicted molar refractivity (Wildman–Crippen MR) is 114 cm³/mol. The van der Waals surface area contributed by atoms with Crippen LogP contribution < -0.4 is 16.1 Å². The van der Waals surface area contributed by atoms with Gasteiger partial charge in [0.1, 0.15) is 17.1 Å². The largest absolute Gasteiger partial charge is 0.448 e. The van der Waals surface area contributed by atoms with Crippen molar-refractivity contribution in [2.24, 2.45) is 0 Å². The maximum atomic E-state index is 14.3. The van der Waals surface area contributed by atoms with Crippen molar-refractivity contribution >= 4 is 28.3 Å². The summed E-state index contributed by atoms with van der Waals surface area (Å²) in [7, 11) is 0. The van der Waals surface area contributed by atoms with Gasteiger partial charge in [-0.25, -0.2) is 9.87 Å². The highest BCUT2D eigenvalue weighted by Gasteiger charge is 2.23. The molecule has 3 heterocycles. The Morgan fingerprint density at radius 3 is 2.90 bits per heavy atom. The zero-order valence-electron chi connectivity index (χ0n) is 17.4. The number of carbonyl (C=O) groups excluding carboxylic acids is 1. The number of amides is 1. The molecule has 0 bridgehead atoms. The maximum absolute atomic E-state index is 14.3. The summed E-state index contributed by atoms with van der Waals surface area (Å²) in [5.41, 5.74) is 4.30. The molecule has 1 aliphatic heterocycles. The second kappa shape index (κ2) is 10.2. The Hall–Kier alpha value is -2.97. The smallest absolute Gasteiger partial charge is 0.312 e. The van der Waals surface area contributed by atoms with Gasteiger partial charge in [0.15, 0.2) is 0 Å². The molecule has 0 saturated carbocycles. The number of carbonyl (C=O) groups is 1. The van der Waals surface area contributed by atoms with Crippen LogP contribution in [0, 0.1) is 12.7 Å². The van der Waals surface area contributed by atoms with Gasteiger partial charge in [-0.1, -0.05) is 19.9 Å². The minimum absolute atomic E-state index is 0.00624. The van der Waals surface area contributed by atoms with Crippen LogP contribution in [-0.2, 0) is 4.84 Å². The fraction of sp³-hybridized carbons (Fsp3) is 0.364. The number of benzene rings is 1. The van der Waals surface area contributed by atoms with Gasteiger partial charge in [0.2, 0.25) is 5.76 Å². The fourth-order valence-electron chi connectivity index (χ4n) is 3.19. The van der Waals surface area contributed by atoms with E-state index in [0.717, 1.165) is 24.9 Å². The van der Waals surface area contributed by atoms with Crippen molar-refractivity contribution in [1.82, 2.24) is 15.8 Å². The number of hydrogen-bond donors (Lipinski definition) is 3. The number of nitrogens with one attached hydrogen (secondary N) is 3. The molecule has 1 amide bonds. The van der Waals surface area contributed by atoms with Crippen LogP contribution in [-0.4, -0.2) is 30.1 Å². The van der Waals surface area contributed by atoms with Crippen molar-refractivity contribution in [1.29, 1.82) is 0 Å². The van der Waals surface area contributed by atoms with Crippen LogP contribution in [0.1, 0.15) is 42.8 Å². The summed E-state index contributed by atoms with van der Waals surface area (Å²) in [5.74, 6) is -0.960. The number of nitrogens with zero attached hydrogens (tertiary/aromatic N) is 1. The average Bonchev–Trinajstić information content (AvgIpc) is 3.15. The molecule has 0 radical (unpaired) electrons. The lowest BCUT2D eigenvalue weighted by Crippen LogP contribution is -2.40. The number of hydrogen-bond acceptors (Lipinski definition) is 6. The third kappa shape index (κ3) is 4.95. The molecule has 0 aliphatic carbocycles. The minimum Gasteiger partial charge on any atom is -0.448 e. The van der Waals surface area contributed by atoms with Crippen LogP contribution in [0.25, 0.3) is 11.0 Å². The topological polar surface area (TPSA) is 88.4 Å². The quantitative estimate of drug-likeness (QED) is 0.534. The summed E-state index contributed by atoms with van der Waals surface area (Å²) in [6.07, 6.45) is 4.87. The Balaban J connectivity index is 0.00000124. The minimum atomic E-state index is -0.545. The fourth-order valence-corrected chi connectivity index (χ4v) is 3.19. The highest BCUT2D eigenvalue weighted by Crippen LogP contribution is 2.33. The van der Waals surface area contributed by atoms with Crippen LogP contribution in [0.4, 0.5) is 15.8 Å². The van der Waals surface area contributed by atoms with Crippen molar-refractivity contribution in [2.45, 2.75) is 39.7 Å². The molecule has 1 fully saturated rings. The van der Waals surface area contributed by atoms with Gasteiger partial charge in [-0.2, -0.15) is 0 Å². The Kier molecular flexibility index (Phi) is 7.37. The lowest BCUT2D eigenvalue weighted by Gasteiger charge is -2.22. The summed E-state index contributed by atoms with van der Waals surface area (Å²) in [5, 5.41) is 6.76. The molecule has 0 spiro atoms. The van der Waals surface area contributed by atoms with E-state index in [9.17, 15) is 9.18 Å². The predicted octanol–water partition coefficient (Wildman–Crippen LogP) is 4.46. The van der Waals surface area contributed by atoms with Crippen LogP contribution in [0.2, 0.25) is 0 Å². The highest BCUT2D eigenvalue weighted by molar-refractivity contribution is 6.06.